The first-order valence-electron chi connectivity index (χ1n) is 20.3. The quantitative estimate of drug-likeness (QED) is 0.170. The summed E-state index contributed by atoms with van der Waals surface area (Å²) in [5.41, 5.74) is 10.6. The molecule has 2 aliphatic heterocycles. The Labute approximate surface area is 347 Å². The van der Waals surface area contributed by atoms with Crippen LogP contribution in [0.25, 0.3) is 59.4 Å². The first-order valence-corrected chi connectivity index (χ1v) is 21.9. The molecule has 0 aliphatic carbocycles. The SMILES string of the molecule is Cc1cc(-c2ccc3nc(N(C)C4CCN(C)C(C)C4)sc3c2)cc2cn(C)nc12.Cc1cn2nc(-c3cc(F)c4nc(C5CCN(C)CC5)sc4c3)cc(C)c2n1. The van der Waals surface area contributed by atoms with E-state index < -0.39 is 0 Å². The standard InChI is InChI=1S/C24H29N5S.C21H22FN5S/c1-15-10-18(12-19-14-28(4)26-23(15)19)17-6-7-21-22(13-17)30-24(25-21)29(5)20-8-9-27(3)16(2)11-20;1-12-8-17(25-27-11-13(2)23-20(12)27)15-9-16(22)19-18(10-15)28-21(24-19)14-4-6-26(3)7-5-14/h6-7,10,12-14,16,20H,8-9,11H2,1-5H3;8-11,14H,4-7H2,1-3H3. The number of benzene rings is 3. The van der Waals surface area contributed by atoms with Gasteiger partial charge in [0.05, 0.1) is 43.0 Å². The van der Waals surface area contributed by atoms with Crippen LogP contribution >= 0.6 is 22.7 Å². The molecule has 0 radical (unpaired) electrons. The minimum absolute atomic E-state index is 0.274. The number of fused-ring (bicyclic) bond motifs is 4. The molecule has 0 saturated carbocycles. The summed E-state index contributed by atoms with van der Waals surface area (Å²) in [4.78, 5) is 21.3. The van der Waals surface area contributed by atoms with E-state index in [-0.39, 0.29) is 5.82 Å². The first-order chi connectivity index (χ1) is 27.9. The fraction of sp³-hybridized carbons (Fsp3) is 0.400. The van der Waals surface area contributed by atoms with Crippen LogP contribution in [0.5, 0.6) is 0 Å². The van der Waals surface area contributed by atoms with Crippen molar-refractivity contribution in [2.24, 2.45) is 7.05 Å². The Balaban J connectivity index is 0.000000151. The number of aromatic nitrogens is 7. The van der Waals surface area contributed by atoms with Gasteiger partial charge in [0.15, 0.2) is 16.6 Å². The minimum Gasteiger partial charge on any atom is -0.348 e. The number of likely N-dealkylation sites (tertiary alicyclic amines) is 2. The lowest BCUT2D eigenvalue weighted by Crippen LogP contribution is -2.46. The fourth-order valence-electron chi connectivity index (χ4n) is 8.58. The lowest BCUT2D eigenvalue weighted by molar-refractivity contribution is 0.181. The van der Waals surface area contributed by atoms with Crippen molar-refractivity contribution in [3.63, 3.8) is 0 Å². The summed E-state index contributed by atoms with van der Waals surface area (Å²) in [5.74, 6) is 0.159. The summed E-state index contributed by atoms with van der Waals surface area (Å²) in [6.07, 6.45) is 8.55. The molecule has 58 heavy (non-hydrogen) atoms. The zero-order chi connectivity index (χ0) is 40.4. The monoisotopic (exact) mass is 814 g/mol. The summed E-state index contributed by atoms with van der Waals surface area (Å²) >= 11 is 3.43. The van der Waals surface area contributed by atoms with E-state index >= 15 is 0 Å². The summed E-state index contributed by atoms with van der Waals surface area (Å²) in [7, 11) is 8.56. The van der Waals surface area contributed by atoms with Crippen LogP contribution in [0.2, 0.25) is 0 Å². The van der Waals surface area contributed by atoms with Crippen molar-refractivity contribution in [1.82, 2.24) is 44.1 Å². The molecule has 2 saturated heterocycles. The second kappa shape index (κ2) is 15.4. The van der Waals surface area contributed by atoms with Gasteiger partial charge in [0.1, 0.15) is 5.52 Å². The molecule has 10 rings (SSSR count). The first kappa shape index (κ1) is 38.7. The minimum atomic E-state index is -0.274. The van der Waals surface area contributed by atoms with Crippen LogP contribution in [0.15, 0.2) is 60.9 Å². The fourth-order valence-corrected chi connectivity index (χ4v) is 10.8. The Kier molecular flexibility index (Phi) is 10.3. The zero-order valence-electron chi connectivity index (χ0n) is 34.6. The third-order valence-electron chi connectivity index (χ3n) is 12.2. The molecule has 0 bridgehead atoms. The van der Waals surface area contributed by atoms with Gasteiger partial charge in [-0.1, -0.05) is 17.4 Å². The van der Waals surface area contributed by atoms with Gasteiger partial charge in [-0.15, -0.1) is 11.3 Å². The number of nitrogens with zero attached hydrogens (tertiary/aromatic N) is 10. The van der Waals surface area contributed by atoms with Crippen LogP contribution in [0.3, 0.4) is 0 Å². The van der Waals surface area contributed by atoms with E-state index in [4.69, 9.17) is 4.98 Å². The molecule has 2 atom stereocenters. The van der Waals surface area contributed by atoms with Crippen molar-refractivity contribution in [2.75, 3.05) is 45.7 Å². The third kappa shape index (κ3) is 7.49. The van der Waals surface area contributed by atoms with E-state index in [0.717, 1.165) is 86.5 Å². The Morgan fingerprint density at radius 3 is 2.34 bits per heavy atom. The van der Waals surface area contributed by atoms with Crippen LogP contribution in [-0.4, -0.2) is 97.0 Å². The Morgan fingerprint density at radius 2 is 1.55 bits per heavy atom. The maximum atomic E-state index is 14.9. The number of hydrogen-bond donors (Lipinski definition) is 0. The van der Waals surface area contributed by atoms with Crippen molar-refractivity contribution < 1.29 is 4.39 Å². The van der Waals surface area contributed by atoms with E-state index in [1.54, 1.807) is 33.3 Å². The number of halogens is 1. The number of piperidine rings is 2. The molecule has 2 unspecified atom stereocenters. The molecule has 10 nitrogen and oxygen atoms in total. The van der Waals surface area contributed by atoms with Gasteiger partial charge in [0.25, 0.3) is 0 Å². The van der Waals surface area contributed by atoms with E-state index in [1.165, 1.54) is 39.6 Å². The predicted molar refractivity (Wildman–Crippen MR) is 238 cm³/mol. The van der Waals surface area contributed by atoms with E-state index in [0.29, 0.717) is 23.5 Å². The van der Waals surface area contributed by atoms with Crippen LogP contribution in [0.4, 0.5) is 9.52 Å². The highest BCUT2D eigenvalue weighted by Gasteiger charge is 2.27. The molecule has 7 heterocycles. The summed E-state index contributed by atoms with van der Waals surface area (Å²) in [6, 6.07) is 17.9. The largest absolute Gasteiger partial charge is 0.348 e. The highest BCUT2D eigenvalue weighted by molar-refractivity contribution is 7.22. The van der Waals surface area contributed by atoms with Gasteiger partial charge in [0, 0.05) is 55.8 Å². The second-order valence-corrected chi connectivity index (χ2v) is 18.7. The van der Waals surface area contributed by atoms with Crippen LogP contribution < -0.4 is 4.90 Å². The van der Waals surface area contributed by atoms with Crippen molar-refractivity contribution in [1.29, 1.82) is 0 Å². The van der Waals surface area contributed by atoms with Crippen LogP contribution in [0, 0.1) is 26.6 Å². The van der Waals surface area contributed by atoms with Crippen molar-refractivity contribution >= 4 is 64.8 Å². The molecule has 5 aromatic heterocycles. The van der Waals surface area contributed by atoms with Crippen LogP contribution in [0.1, 0.15) is 60.4 Å². The summed E-state index contributed by atoms with van der Waals surface area (Å²) in [6.45, 7) is 11.7. The zero-order valence-corrected chi connectivity index (χ0v) is 36.3. The highest BCUT2D eigenvalue weighted by atomic mass is 32.1. The lowest BCUT2D eigenvalue weighted by Gasteiger charge is -2.39. The number of imidazole rings is 1. The van der Waals surface area contributed by atoms with Gasteiger partial charge >= 0.3 is 0 Å². The van der Waals surface area contributed by atoms with Crippen LogP contribution in [-0.2, 0) is 7.05 Å². The smallest absolute Gasteiger partial charge is 0.186 e. The van der Waals surface area contributed by atoms with Gasteiger partial charge in [-0.05, 0) is 145 Å². The molecule has 2 aliphatic rings. The maximum absolute atomic E-state index is 14.9. The van der Waals surface area contributed by atoms with Crippen molar-refractivity contribution in [3.8, 4) is 22.4 Å². The normalized spacial score (nSPS) is 18.4. The molecule has 2 fully saturated rings. The molecular weight excluding hydrogens is 764 g/mol. The second-order valence-electron chi connectivity index (χ2n) is 16.6. The Hall–Kier alpha value is -4.82. The predicted octanol–water partition coefficient (Wildman–Crippen LogP) is 9.65. The van der Waals surface area contributed by atoms with Gasteiger partial charge in [-0.25, -0.2) is 23.9 Å². The Morgan fingerprint density at radius 1 is 0.759 bits per heavy atom. The number of aryl methyl sites for hydroxylation is 4. The molecule has 0 amide bonds. The van der Waals surface area contributed by atoms with Gasteiger partial charge in [-0.3, -0.25) is 4.68 Å². The lowest BCUT2D eigenvalue weighted by atomic mass is 9.98. The van der Waals surface area contributed by atoms with Gasteiger partial charge in [-0.2, -0.15) is 10.2 Å². The average Bonchev–Trinajstić information content (AvgIpc) is 4.00. The summed E-state index contributed by atoms with van der Waals surface area (Å²) in [5, 5.41) is 12.6. The highest BCUT2D eigenvalue weighted by Crippen LogP contribution is 2.38. The topological polar surface area (TPSA) is 83.5 Å². The number of anilines is 1. The van der Waals surface area contributed by atoms with Crippen molar-refractivity contribution in [3.05, 3.63) is 88.6 Å². The van der Waals surface area contributed by atoms with E-state index in [2.05, 4.69) is 106 Å². The van der Waals surface area contributed by atoms with E-state index in [1.807, 2.05) is 43.9 Å². The van der Waals surface area contributed by atoms with E-state index in [9.17, 15) is 4.39 Å². The molecule has 0 spiro atoms. The van der Waals surface area contributed by atoms with Gasteiger partial charge < -0.3 is 14.7 Å². The van der Waals surface area contributed by atoms with Gasteiger partial charge in [0.2, 0.25) is 0 Å². The maximum Gasteiger partial charge on any atom is 0.186 e. The average molecular weight is 815 g/mol. The molecule has 8 aromatic rings. The molecule has 0 N–H and O–H groups in total. The number of rotatable bonds is 5. The molecular formula is C45H51FN10S2. The molecule has 13 heteroatoms. The summed E-state index contributed by atoms with van der Waals surface area (Å²) < 4.78 is 20.7. The third-order valence-corrected chi connectivity index (χ3v) is 14.5. The molecule has 300 valence electrons. The Bertz CT molecular complexity index is 2790. The molecule has 3 aromatic carbocycles. The van der Waals surface area contributed by atoms with Crippen molar-refractivity contribution in [2.45, 2.75) is 71.4 Å². The number of hydrogen-bond acceptors (Lipinski definition) is 10. The number of thiazole rings is 2.